The molecule has 1 saturated heterocycles. The fourth-order valence-electron chi connectivity index (χ4n) is 3.16. The van der Waals surface area contributed by atoms with Crippen molar-refractivity contribution in [3.63, 3.8) is 0 Å². The van der Waals surface area contributed by atoms with Crippen LogP contribution in [-0.4, -0.2) is 50.8 Å². The van der Waals surface area contributed by atoms with Gasteiger partial charge in [-0.25, -0.2) is 0 Å². The van der Waals surface area contributed by atoms with Gasteiger partial charge in [-0.1, -0.05) is 54.6 Å². The first kappa shape index (κ1) is 19.4. The van der Waals surface area contributed by atoms with E-state index in [-0.39, 0.29) is 0 Å². The molecule has 27 heavy (non-hydrogen) atoms. The fourth-order valence-corrected chi connectivity index (χ4v) is 3.16. The van der Waals surface area contributed by atoms with Crippen molar-refractivity contribution in [2.24, 2.45) is 4.99 Å². The molecule has 1 aliphatic rings. The number of rotatable bonds is 7. The van der Waals surface area contributed by atoms with Crippen molar-refractivity contribution in [1.82, 2.24) is 15.5 Å². The predicted molar refractivity (Wildman–Crippen MR) is 111 cm³/mol. The Kier molecular flexibility index (Phi) is 7.69. The van der Waals surface area contributed by atoms with Crippen molar-refractivity contribution >= 4 is 5.96 Å². The van der Waals surface area contributed by atoms with Crippen molar-refractivity contribution in [2.75, 3.05) is 39.9 Å². The van der Waals surface area contributed by atoms with Gasteiger partial charge in [-0.3, -0.25) is 9.89 Å². The van der Waals surface area contributed by atoms with Crippen molar-refractivity contribution < 1.29 is 4.74 Å². The Morgan fingerprint density at radius 2 is 1.63 bits per heavy atom. The van der Waals surface area contributed by atoms with Crippen molar-refractivity contribution in [3.05, 3.63) is 71.3 Å². The molecule has 0 saturated carbocycles. The summed E-state index contributed by atoms with van der Waals surface area (Å²) in [6.45, 7) is 6.37. The number of ether oxygens (including phenoxy) is 1. The first-order chi connectivity index (χ1) is 13.3. The standard InChI is InChI=1S/C22H30N4O/c1-23-22(24-12-11-19-5-3-2-4-6-19)25-17-20-7-9-21(10-8-20)18-26-13-15-27-16-14-26/h2-10H,11-18H2,1H3,(H2,23,24,25). The molecule has 0 radical (unpaired) electrons. The second-order valence-electron chi connectivity index (χ2n) is 6.79. The minimum atomic E-state index is 0.767. The summed E-state index contributed by atoms with van der Waals surface area (Å²) < 4.78 is 5.41. The fraction of sp³-hybridized carbons (Fsp3) is 0.409. The van der Waals surface area contributed by atoms with Crippen molar-refractivity contribution in [1.29, 1.82) is 0 Å². The Bertz CT molecular complexity index is 694. The summed E-state index contributed by atoms with van der Waals surface area (Å²) in [6, 6.07) is 19.3. The van der Waals surface area contributed by atoms with Gasteiger partial charge in [0.15, 0.2) is 5.96 Å². The van der Waals surface area contributed by atoms with Crippen LogP contribution in [-0.2, 0) is 24.2 Å². The van der Waals surface area contributed by atoms with Gasteiger partial charge in [0.25, 0.3) is 0 Å². The summed E-state index contributed by atoms with van der Waals surface area (Å²) in [5.41, 5.74) is 3.94. The minimum absolute atomic E-state index is 0.767. The van der Waals surface area contributed by atoms with E-state index in [9.17, 15) is 0 Å². The van der Waals surface area contributed by atoms with Gasteiger partial charge in [-0.15, -0.1) is 0 Å². The summed E-state index contributed by atoms with van der Waals surface area (Å²) in [4.78, 5) is 6.74. The number of hydrogen-bond donors (Lipinski definition) is 2. The molecule has 0 aromatic heterocycles. The Morgan fingerprint density at radius 3 is 2.33 bits per heavy atom. The lowest BCUT2D eigenvalue weighted by Crippen LogP contribution is -2.37. The molecule has 0 aliphatic carbocycles. The molecule has 5 heteroatoms. The zero-order valence-electron chi connectivity index (χ0n) is 16.2. The van der Waals surface area contributed by atoms with Crippen LogP contribution in [0.5, 0.6) is 0 Å². The molecule has 1 aliphatic heterocycles. The quantitative estimate of drug-likeness (QED) is 0.584. The second kappa shape index (κ2) is 10.7. The van der Waals surface area contributed by atoms with E-state index in [1.165, 1.54) is 16.7 Å². The highest BCUT2D eigenvalue weighted by molar-refractivity contribution is 5.79. The van der Waals surface area contributed by atoms with E-state index in [1.807, 2.05) is 13.1 Å². The molecule has 144 valence electrons. The molecule has 5 nitrogen and oxygen atoms in total. The van der Waals surface area contributed by atoms with Gasteiger partial charge in [0.05, 0.1) is 13.2 Å². The first-order valence-corrected chi connectivity index (χ1v) is 9.70. The second-order valence-corrected chi connectivity index (χ2v) is 6.79. The highest BCUT2D eigenvalue weighted by Gasteiger charge is 2.10. The van der Waals surface area contributed by atoms with Crippen LogP contribution in [0.15, 0.2) is 59.6 Å². The Hall–Kier alpha value is -2.37. The summed E-state index contributed by atoms with van der Waals surface area (Å²) in [7, 11) is 1.81. The van der Waals surface area contributed by atoms with E-state index in [0.29, 0.717) is 0 Å². The van der Waals surface area contributed by atoms with Gasteiger partial charge in [0, 0.05) is 39.8 Å². The van der Waals surface area contributed by atoms with Crippen LogP contribution in [0.1, 0.15) is 16.7 Å². The van der Waals surface area contributed by atoms with Crippen LogP contribution in [0.4, 0.5) is 0 Å². The maximum atomic E-state index is 5.41. The lowest BCUT2D eigenvalue weighted by Gasteiger charge is -2.26. The van der Waals surface area contributed by atoms with E-state index in [2.05, 4.69) is 69.1 Å². The molecule has 0 unspecified atom stereocenters. The van der Waals surface area contributed by atoms with Gasteiger partial charge in [0.1, 0.15) is 0 Å². The van der Waals surface area contributed by atoms with Gasteiger partial charge in [0.2, 0.25) is 0 Å². The van der Waals surface area contributed by atoms with Gasteiger partial charge < -0.3 is 15.4 Å². The maximum Gasteiger partial charge on any atom is 0.191 e. The average Bonchev–Trinajstić information content (AvgIpc) is 2.73. The lowest BCUT2D eigenvalue weighted by atomic mass is 10.1. The van der Waals surface area contributed by atoms with Crippen molar-refractivity contribution in [2.45, 2.75) is 19.5 Å². The Balaban J connectivity index is 1.40. The van der Waals surface area contributed by atoms with Gasteiger partial charge in [-0.05, 0) is 23.1 Å². The Morgan fingerprint density at radius 1 is 0.926 bits per heavy atom. The normalized spacial score (nSPS) is 15.5. The molecule has 1 fully saturated rings. The third-order valence-electron chi connectivity index (χ3n) is 4.77. The smallest absolute Gasteiger partial charge is 0.191 e. The van der Waals surface area contributed by atoms with Crippen LogP contribution in [0, 0.1) is 0 Å². The van der Waals surface area contributed by atoms with Crippen LogP contribution in [0.3, 0.4) is 0 Å². The number of nitrogens with one attached hydrogen (secondary N) is 2. The zero-order chi connectivity index (χ0) is 18.7. The molecule has 2 N–H and O–H groups in total. The molecule has 2 aromatic carbocycles. The summed E-state index contributed by atoms with van der Waals surface area (Å²) in [6.07, 6.45) is 0.984. The van der Waals surface area contributed by atoms with Crippen molar-refractivity contribution in [3.8, 4) is 0 Å². The largest absolute Gasteiger partial charge is 0.379 e. The Labute approximate surface area is 162 Å². The molecule has 1 heterocycles. The van der Waals surface area contributed by atoms with Crippen LogP contribution >= 0.6 is 0 Å². The van der Waals surface area contributed by atoms with Crippen LogP contribution < -0.4 is 10.6 Å². The number of nitrogens with zero attached hydrogens (tertiary/aromatic N) is 2. The summed E-state index contributed by atoms with van der Waals surface area (Å²) >= 11 is 0. The maximum absolute atomic E-state index is 5.41. The lowest BCUT2D eigenvalue weighted by molar-refractivity contribution is 0.0342. The number of aliphatic imine (C=N–C) groups is 1. The van der Waals surface area contributed by atoms with E-state index in [0.717, 1.165) is 58.3 Å². The minimum Gasteiger partial charge on any atom is -0.379 e. The van der Waals surface area contributed by atoms with Gasteiger partial charge in [-0.2, -0.15) is 0 Å². The third kappa shape index (κ3) is 6.70. The summed E-state index contributed by atoms with van der Waals surface area (Å²) in [5.74, 6) is 0.836. The third-order valence-corrected chi connectivity index (χ3v) is 4.77. The van der Waals surface area contributed by atoms with Gasteiger partial charge >= 0.3 is 0 Å². The molecule has 2 aromatic rings. The zero-order valence-corrected chi connectivity index (χ0v) is 16.2. The number of hydrogen-bond acceptors (Lipinski definition) is 3. The van der Waals surface area contributed by atoms with E-state index in [1.54, 1.807) is 0 Å². The number of benzene rings is 2. The molecule has 0 bridgehead atoms. The molecular weight excluding hydrogens is 336 g/mol. The number of guanidine groups is 1. The molecular formula is C22H30N4O. The molecule has 3 rings (SSSR count). The topological polar surface area (TPSA) is 48.9 Å². The number of morpholine rings is 1. The molecule has 0 atom stereocenters. The van der Waals surface area contributed by atoms with E-state index < -0.39 is 0 Å². The molecule has 0 spiro atoms. The van der Waals surface area contributed by atoms with Crippen LogP contribution in [0.25, 0.3) is 0 Å². The first-order valence-electron chi connectivity index (χ1n) is 9.70. The average molecular weight is 367 g/mol. The highest BCUT2D eigenvalue weighted by atomic mass is 16.5. The SMILES string of the molecule is CN=C(NCCc1ccccc1)NCc1ccc(CN2CCOCC2)cc1. The summed E-state index contributed by atoms with van der Waals surface area (Å²) in [5, 5.41) is 6.76. The van der Waals surface area contributed by atoms with E-state index >= 15 is 0 Å². The molecule has 0 amide bonds. The highest BCUT2D eigenvalue weighted by Crippen LogP contribution is 2.09. The van der Waals surface area contributed by atoms with E-state index in [4.69, 9.17) is 4.74 Å². The van der Waals surface area contributed by atoms with Crippen LogP contribution in [0.2, 0.25) is 0 Å². The monoisotopic (exact) mass is 366 g/mol. The predicted octanol–water partition coefficient (Wildman–Crippen LogP) is 2.43.